The van der Waals surface area contributed by atoms with E-state index in [1.807, 2.05) is 24.3 Å². The molecule has 0 aliphatic carbocycles. The predicted octanol–water partition coefficient (Wildman–Crippen LogP) is 3.84. The zero-order valence-corrected chi connectivity index (χ0v) is 12.0. The van der Waals surface area contributed by atoms with Gasteiger partial charge in [0.1, 0.15) is 6.61 Å². The van der Waals surface area contributed by atoms with Crippen LogP contribution in [0.1, 0.15) is 28.4 Å². The molecule has 0 spiro atoms. The van der Waals surface area contributed by atoms with Gasteiger partial charge in [0, 0.05) is 5.69 Å². The molecule has 0 saturated carbocycles. The van der Waals surface area contributed by atoms with Gasteiger partial charge >= 0.3 is 5.97 Å². The molecular formula is C16H16ClNO2. The van der Waals surface area contributed by atoms with E-state index in [0.29, 0.717) is 16.3 Å². The summed E-state index contributed by atoms with van der Waals surface area (Å²) in [5.41, 5.74) is 8.62. The van der Waals surface area contributed by atoms with Crippen LogP contribution in [-0.2, 0) is 17.8 Å². The quantitative estimate of drug-likeness (QED) is 0.687. The number of ether oxygens (including phenoxy) is 1. The van der Waals surface area contributed by atoms with Crippen molar-refractivity contribution < 1.29 is 9.53 Å². The minimum atomic E-state index is -0.449. The largest absolute Gasteiger partial charge is 0.457 e. The summed E-state index contributed by atoms with van der Waals surface area (Å²) in [6.45, 7) is 2.32. The standard InChI is InChI=1S/C16H16ClNO2/c1-2-11-3-5-12(6-4-11)10-20-16(19)14-8-7-13(18)9-15(14)17/h3-9H,2,10,18H2,1H3. The number of halogens is 1. The fourth-order valence-electron chi connectivity index (χ4n) is 1.79. The van der Waals surface area contributed by atoms with Gasteiger partial charge in [-0.25, -0.2) is 4.79 Å². The first-order chi connectivity index (χ1) is 9.60. The number of nitrogens with two attached hydrogens (primary N) is 1. The highest BCUT2D eigenvalue weighted by atomic mass is 35.5. The molecule has 2 aromatic rings. The van der Waals surface area contributed by atoms with E-state index in [4.69, 9.17) is 22.1 Å². The zero-order chi connectivity index (χ0) is 14.5. The van der Waals surface area contributed by atoms with Crippen LogP contribution in [0.25, 0.3) is 0 Å². The predicted molar refractivity (Wildman–Crippen MR) is 80.8 cm³/mol. The molecule has 2 N–H and O–H groups in total. The first-order valence-corrected chi connectivity index (χ1v) is 6.78. The van der Waals surface area contributed by atoms with Crippen LogP contribution < -0.4 is 5.73 Å². The molecule has 0 bridgehead atoms. The van der Waals surface area contributed by atoms with Gasteiger partial charge in [-0.1, -0.05) is 42.8 Å². The molecule has 2 aromatic carbocycles. The van der Waals surface area contributed by atoms with Gasteiger partial charge in [-0.2, -0.15) is 0 Å². The van der Waals surface area contributed by atoms with Gasteiger partial charge in [-0.05, 0) is 35.7 Å². The van der Waals surface area contributed by atoms with Crippen molar-refractivity contribution >= 4 is 23.3 Å². The summed E-state index contributed by atoms with van der Waals surface area (Å²) < 4.78 is 5.24. The van der Waals surface area contributed by atoms with Crippen molar-refractivity contribution in [3.05, 3.63) is 64.2 Å². The molecule has 4 heteroatoms. The molecule has 0 aromatic heterocycles. The number of hydrogen-bond acceptors (Lipinski definition) is 3. The molecule has 2 rings (SSSR count). The Kier molecular flexibility index (Phi) is 4.64. The first-order valence-electron chi connectivity index (χ1n) is 6.40. The van der Waals surface area contributed by atoms with Gasteiger partial charge in [0.2, 0.25) is 0 Å². The van der Waals surface area contributed by atoms with E-state index in [0.717, 1.165) is 12.0 Å². The number of nitrogen functional groups attached to an aromatic ring is 1. The molecule has 0 fully saturated rings. The molecule has 0 atom stereocenters. The van der Waals surface area contributed by atoms with Crippen LogP contribution in [0, 0.1) is 0 Å². The van der Waals surface area contributed by atoms with Gasteiger partial charge in [0.15, 0.2) is 0 Å². The number of benzene rings is 2. The maximum atomic E-state index is 11.9. The highest BCUT2D eigenvalue weighted by molar-refractivity contribution is 6.33. The van der Waals surface area contributed by atoms with Crippen molar-refractivity contribution in [1.29, 1.82) is 0 Å². The Balaban J connectivity index is 2.00. The van der Waals surface area contributed by atoms with Crippen molar-refractivity contribution in [2.24, 2.45) is 0 Å². The number of rotatable bonds is 4. The number of esters is 1. The number of carbonyl (C=O) groups is 1. The van der Waals surface area contributed by atoms with Crippen molar-refractivity contribution in [3.63, 3.8) is 0 Å². The lowest BCUT2D eigenvalue weighted by atomic mass is 10.1. The maximum absolute atomic E-state index is 11.9. The average molecular weight is 290 g/mol. The minimum absolute atomic E-state index is 0.226. The van der Waals surface area contributed by atoms with Crippen molar-refractivity contribution in [3.8, 4) is 0 Å². The fourth-order valence-corrected chi connectivity index (χ4v) is 2.06. The Morgan fingerprint density at radius 2 is 1.80 bits per heavy atom. The van der Waals surface area contributed by atoms with Gasteiger partial charge in [0.25, 0.3) is 0 Å². The average Bonchev–Trinajstić information content (AvgIpc) is 2.45. The topological polar surface area (TPSA) is 52.3 Å². The summed E-state index contributed by atoms with van der Waals surface area (Å²) >= 11 is 5.96. The lowest BCUT2D eigenvalue weighted by molar-refractivity contribution is 0.0473. The highest BCUT2D eigenvalue weighted by Crippen LogP contribution is 2.20. The van der Waals surface area contributed by atoms with E-state index in [2.05, 4.69) is 6.92 Å². The van der Waals surface area contributed by atoms with Crippen molar-refractivity contribution in [2.75, 3.05) is 5.73 Å². The van der Waals surface area contributed by atoms with Crippen LogP contribution >= 0.6 is 11.6 Å². The summed E-state index contributed by atoms with van der Waals surface area (Å²) in [5.74, 6) is -0.449. The first kappa shape index (κ1) is 14.4. The lowest BCUT2D eigenvalue weighted by Crippen LogP contribution is -2.06. The van der Waals surface area contributed by atoms with Crippen LogP contribution in [0.3, 0.4) is 0 Å². The van der Waals surface area contributed by atoms with E-state index in [9.17, 15) is 4.79 Å². The summed E-state index contributed by atoms with van der Waals surface area (Å²) in [6, 6.07) is 12.7. The monoisotopic (exact) mass is 289 g/mol. The molecule has 0 radical (unpaired) electrons. The SMILES string of the molecule is CCc1ccc(COC(=O)c2ccc(N)cc2Cl)cc1. The van der Waals surface area contributed by atoms with E-state index in [1.54, 1.807) is 12.1 Å². The molecule has 0 aliphatic heterocycles. The number of hydrogen-bond donors (Lipinski definition) is 1. The van der Waals surface area contributed by atoms with Crippen molar-refractivity contribution in [1.82, 2.24) is 0 Å². The Morgan fingerprint density at radius 1 is 1.15 bits per heavy atom. The maximum Gasteiger partial charge on any atom is 0.339 e. The molecule has 104 valence electrons. The molecular weight excluding hydrogens is 274 g/mol. The number of aryl methyl sites for hydroxylation is 1. The number of carbonyl (C=O) groups excluding carboxylic acids is 1. The molecule has 0 saturated heterocycles. The third-order valence-electron chi connectivity index (χ3n) is 3.01. The smallest absolute Gasteiger partial charge is 0.339 e. The lowest BCUT2D eigenvalue weighted by Gasteiger charge is -2.07. The van der Waals surface area contributed by atoms with E-state index < -0.39 is 5.97 Å². The summed E-state index contributed by atoms with van der Waals surface area (Å²) in [5, 5.41) is 0.302. The second-order valence-corrected chi connectivity index (χ2v) is 4.89. The molecule has 20 heavy (non-hydrogen) atoms. The molecule has 0 heterocycles. The molecule has 3 nitrogen and oxygen atoms in total. The van der Waals surface area contributed by atoms with Crippen LogP contribution in [0.5, 0.6) is 0 Å². The van der Waals surface area contributed by atoms with Gasteiger partial charge < -0.3 is 10.5 Å². The highest BCUT2D eigenvalue weighted by Gasteiger charge is 2.12. The number of anilines is 1. The third kappa shape index (κ3) is 3.52. The van der Waals surface area contributed by atoms with Crippen LogP contribution in [-0.4, -0.2) is 5.97 Å². The van der Waals surface area contributed by atoms with Gasteiger partial charge in [0.05, 0.1) is 10.6 Å². The summed E-state index contributed by atoms with van der Waals surface area (Å²) in [7, 11) is 0. The Hall–Kier alpha value is -2.00. The Morgan fingerprint density at radius 3 is 2.40 bits per heavy atom. The second-order valence-electron chi connectivity index (χ2n) is 4.49. The van der Waals surface area contributed by atoms with Gasteiger partial charge in [-0.3, -0.25) is 0 Å². The summed E-state index contributed by atoms with van der Waals surface area (Å²) in [6.07, 6.45) is 0.987. The van der Waals surface area contributed by atoms with E-state index >= 15 is 0 Å². The van der Waals surface area contributed by atoms with E-state index in [-0.39, 0.29) is 6.61 Å². The second kappa shape index (κ2) is 6.44. The van der Waals surface area contributed by atoms with Crippen LogP contribution in [0.15, 0.2) is 42.5 Å². The molecule has 0 amide bonds. The van der Waals surface area contributed by atoms with Crippen LogP contribution in [0.4, 0.5) is 5.69 Å². The summed E-state index contributed by atoms with van der Waals surface area (Å²) in [4.78, 5) is 11.9. The van der Waals surface area contributed by atoms with Gasteiger partial charge in [-0.15, -0.1) is 0 Å². The zero-order valence-electron chi connectivity index (χ0n) is 11.2. The van der Waals surface area contributed by atoms with Crippen LogP contribution in [0.2, 0.25) is 5.02 Å². The molecule has 0 aliphatic rings. The van der Waals surface area contributed by atoms with E-state index in [1.165, 1.54) is 11.6 Å². The Labute approximate surface area is 123 Å². The Bertz CT molecular complexity index is 608. The molecule has 0 unspecified atom stereocenters. The fraction of sp³-hybridized carbons (Fsp3) is 0.188. The normalized spacial score (nSPS) is 10.3. The minimum Gasteiger partial charge on any atom is -0.457 e. The third-order valence-corrected chi connectivity index (χ3v) is 3.33. The van der Waals surface area contributed by atoms with Crippen molar-refractivity contribution in [2.45, 2.75) is 20.0 Å².